The summed E-state index contributed by atoms with van der Waals surface area (Å²) in [6, 6.07) is 9.66. The molecule has 0 aromatic heterocycles. The average molecular weight is 258 g/mol. The maximum atomic E-state index is 9.39. The van der Waals surface area contributed by atoms with Gasteiger partial charge in [-0.2, -0.15) is 0 Å². The number of rotatable bonds is 0. The quantitative estimate of drug-likeness (QED) is 0.738. The smallest absolute Gasteiger partial charge is 0.121 e. The molecule has 0 aliphatic carbocycles. The van der Waals surface area contributed by atoms with Crippen molar-refractivity contribution >= 4 is 0 Å². The lowest BCUT2D eigenvalue weighted by Gasteiger charge is -2.04. The molecule has 2 rings (SSSR count). The highest BCUT2D eigenvalue weighted by atomic mass is 16.3. The Labute approximate surface area is 115 Å². The van der Waals surface area contributed by atoms with Gasteiger partial charge in [0.25, 0.3) is 0 Å². The van der Waals surface area contributed by atoms with Crippen LogP contribution in [0.1, 0.15) is 27.8 Å². The summed E-state index contributed by atoms with van der Waals surface area (Å²) in [5.41, 5.74) is 4.95. The van der Waals surface area contributed by atoms with Crippen LogP contribution in [0.15, 0.2) is 30.3 Å². The van der Waals surface area contributed by atoms with E-state index in [0.29, 0.717) is 11.5 Å². The summed E-state index contributed by atoms with van der Waals surface area (Å²) >= 11 is 0. The number of aromatic hydroxyl groups is 2. The number of aryl methyl sites for hydroxylation is 4. The zero-order valence-corrected chi connectivity index (χ0v) is 12.3. The Hall–Kier alpha value is -1.96. The zero-order chi connectivity index (χ0) is 14.6. The summed E-state index contributed by atoms with van der Waals surface area (Å²) in [6.07, 6.45) is 0. The minimum absolute atomic E-state index is 0.414. The Balaban J connectivity index is 0.000000191. The van der Waals surface area contributed by atoms with Gasteiger partial charge < -0.3 is 10.2 Å². The number of hydrogen-bond donors (Lipinski definition) is 2. The first-order valence-corrected chi connectivity index (χ1v) is 6.35. The van der Waals surface area contributed by atoms with E-state index in [1.807, 2.05) is 65.0 Å². The number of hydrogen-bond acceptors (Lipinski definition) is 2. The minimum atomic E-state index is 0.414. The summed E-state index contributed by atoms with van der Waals surface area (Å²) in [6.45, 7) is 9.61. The third kappa shape index (κ3) is 3.75. The van der Waals surface area contributed by atoms with E-state index in [1.54, 1.807) is 0 Å². The van der Waals surface area contributed by atoms with Gasteiger partial charge in [-0.05, 0) is 62.4 Å². The van der Waals surface area contributed by atoms with Crippen LogP contribution < -0.4 is 0 Å². The molecule has 0 unspecified atom stereocenters. The molecular formula is C17H22O2. The molecule has 0 radical (unpaired) electrons. The van der Waals surface area contributed by atoms with Crippen molar-refractivity contribution in [3.8, 4) is 11.5 Å². The third-order valence-corrected chi connectivity index (χ3v) is 3.34. The van der Waals surface area contributed by atoms with E-state index in [2.05, 4.69) is 0 Å². The Morgan fingerprint density at radius 2 is 1.00 bits per heavy atom. The molecule has 0 aliphatic rings. The van der Waals surface area contributed by atoms with Crippen LogP contribution in [0.4, 0.5) is 0 Å². The average Bonchev–Trinajstić information content (AvgIpc) is 2.39. The van der Waals surface area contributed by atoms with Crippen molar-refractivity contribution in [2.24, 2.45) is 0 Å². The van der Waals surface area contributed by atoms with E-state index in [1.165, 1.54) is 0 Å². The Kier molecular flexibility index (Phi) is 4.99. The standard InChI is InChI=1S/C9H12O.C8H10O/c1-6-4-5-7(2)9(10)8(6)3;1-6-4-3-5-7(2)8(6)9/h4-5,10H,1-3H3;3-5,9H,1-2H3. The lowest BCUT2D eigenvalue weighted by Crippen LogP contribution is -1.83. The summed E-state index contributed by atoms with van der Waals surface area (Å²) in [5, 5.41) is 18.6. The van der Waals surface area contributed by atoms with Crippen LogP contribution in [0.25, 0.3) is 0 Å². The molecule has 2 nitrogen and oxygen atoms in total. The van der Waals surface area contributed by atoms with E-state index in [-0.39, 0.29) is 0 Å². The van der Waals surface area contributed by atoms with Crippen molar-refractivity contribution < 1.29 is 10.2 Å². The molecule has 0 fully saturated rings. The van der Waals surface area contributed by atoms with E-state index in [9.17, 15) is 10.2 Å². The largest absolute Gasteiger partial charge is 0.507 e. The fraction of sp³-hybridized carbons (Fsp3) is 0.294. The van der Waals surface area contributed by atoms with Gasteiger partial charge in [-0.1, -0.05) is 30.3 Å². The van der Waals surface area contributed by atoms with Gasteiger partial charge in [-0.25, -0.2) is 0 Å². The molecule has 0 aliphatic heterocycles. The van der Waals surface area contributed by atoms with Crippen molar-refractivity contribution in [2.75, 3.05) is 0 Å². The van der Waals surface area contributed by atoms with Crippen molar-refractivity contribution in [3.05, 3.63) is 58.1 Å². The summed E-state index contributed by atoms with van der Waals surface area (Å²) in [4.78, 5) is 0. The molecule has 2 aromatic carbocycles. The van der Waals surface area contributed by atoms with Gasteiger partial charge >= 0.3 is 0 Å². The molecule has 0 amide bonds. The first-order chi connectivity index (χ1) is 8.84. The summed E-state index contributed by atoms with van der Waals surface area (Å²) < 4.78 is 0. The normalized spacial score (nSPS) is 9.74. The summed E-state index contributed by atoms with van der Waals surface area (Å²) in [5.74, 6) is 0.845. The van der Waals surface area contributed by atoms with Gasteiger partial charge in [0.15, 0.2) is 0 Å². The molecule has 0 saturated heterocycles. The fourth-order valence-corrected chi connectivity index (χ4v) is 1.74. The SMILES string of the molecule is Cc1ccc(C)c(O)c1C.Cc1cccc(C)c1O. The summed E-state index contributed by atoms with van der Waals surface area (Å²) in [7, 11) is 0. The van der Waals surface area contributed by atoms with E-state index in [4.69, 9.17) is 0 Å². The van der Waals surface area contributed by atoms with Crippen LogP contribution in [-0.2, 0) is 0 Å². The molecule has 0 bridgehead atoms. The second kappa shape index (κ2) is 6.28. The Morgan fingerprint density at radius 1 is 0.579 bits per heavy atom. The number of phenolic OH excluding ortho intramolecular Hbond substituents is 2. The Bertz CT molecular complexity index is 524. The minimum Gasteiger partial charge on any atom is -0.507 e. The van der Waals surface area contributed by atoms with Gasteiger partial charge in [-0.15, -0.1) is 0 Å². The molecule has 2 N–H and O–H groups in total. The predicted molar refractivity (Wildman–Crippen MR) is 79.9 cm³/mol. The first kappa shape index (κ1) is 15.1. The van der Waals surface area contributed by atoms with E-state index >= 15 is 0 Å². The highest BCUT2D eigenvalue weighted by Crippen LogP contribution is 2.23. The number of phenols is 2. The van der Waals surface area contributed by atoms with Gasteiger partial charge in [0.2, 0.25) is 0 Å². The van der Waals surface area contributed by atoms with Crippen molar-refractivity contribution in [2.45, 2.75) is 34.6 Å². The lowest BCUT2D eigenvalue weighted by molar-refractivity contribution is 0.466. The molecule has 2 aromatic rings. The second-order valence-corrected chi connectivity index (χ2v) is 4.91. The Morgan fingerprint density at radius 3 is 1.42 bits per heavy atom. The van der Waals surface area contributed by atoms with Gasteiger partial charge in [0.05, 0.1) is 0 Å². The van der Waals surface area contributed by atoms with Gasteiger partial charge in [0, 0.05) is 0 Å². The molecular weight excluding hydrogens is 236 g/mol. The van der Waals surface area contributed by atoms with Crippen molar-refractivity contribution in [1.82, 2.24) is 0 Å². The highest BCUT2D eigenvalue weighted by molar-refractivity contribution is 5.43. The topological polar surface area (TPSA) is 40.5 Å². The molecule has 0 atom stereocenters. The van der Waals surface area contributed by atoms with Crippen LogP contribution in [0.5, 0.6) is 11.5 Å². The molecule has 102 valence electrons. The van der Waals surface area contributed by atoms with Gasteiger partial charge in [0.1, 0.15) is 11.5 Å². The monoisotopic (exact) mass is 258 g/mol. The van der Waals surface area contributed by atoms with Crippen LogP contribution in [0, 0.1) is 34.6 Å². The maximum absolute atomic E-state index is 9.39. The highest BCUT2D eigenvalue weighted by Gasteiger charge is 2.00. The molecule has 0 saturated carbocycles. The van der Waals surface area contributed by atoms with Crippen LogP contribution in [-0.4, -0.2) is 10.2 Å². The predicted octanol–water partition coefficient (Wildman–Crippen LogP) is 4.33. The number of para-hydroxylation sites is 1. The second-order valence-electron chi connectivity index (χ2n) is 4.91. The maximum Gasteiger partial charge on any atom is 0.121 e. The zero-order valence-electron chi connectivity index (χ0n) is 12.3. The van der Waals surface area contributed by atoms with Crippen LogP contribution in [0.3, 0.4) is 0 Å². The van der Waals surface area contributed by atoms with Crippen molar-refractivity contribution in [1.29, 1.82) is 0 Å². The number of benzene rings is 2. The van der Waals surface area contributed by atoms with Crippen LogP contribution in [0.2, 0.25) is 0 Å². The van der Waals surface area contributed by atoms with Gasteiger partial charge in [-0.3, -0.25) is 0 Å². The van der Waals surface area contributed by atoms with E-state index in [0.717, 1.165) is 27.8 Å². The first-order valence-electron chi connectivity index (χ1n) is 6.35. The molecule has 0 heterocycles. The van der Waals surface area contributed by atoms with Crippen LogP contribution >= 0.6 is 0 Å². The third-order valence-electron chi connectivity index (χ3n) is 3.34. The fourth-order valence-electron chi connectivity index (χ4n) is 1.74. The molecule has 0 spiro atoms. The van der Waals surface area contributed by atoms with E-state index < -0.39 is 0 Å². The molecule has 2 heteroatoms. The van der Waals surface area contributed by atoms with Crippen molar-refractivity contribution in [3.63, 3.8) is 0 Å². The lowest BCUT2D eigenvalue weighted by atomic mass is 10.1. The molecule has 19 heavy (non-hydrogen) atoms.